The second kappa shape index (κ2) is 6.18. The van der Waals surface area contributed by atoms with Crippen LogP contribution in [0.3, 0.4) is 0 Å². The molecule has 2 aromatic rings. The summed E-state index contributed by atoms with van der Waals surface area (Å²) in [4.78, 5) is 28.2. The van der Waals surface area contributed by atoms with Crippen molar-refractivity contribution in [3.05, 3.63) is 40.4 Å². The van der Waals surface area contributed by atoms with E-state index < -0.39 is 0 Å². The Balaban J connectivity index is 2.46. The van der Waals surface area contributed by atoms with E-state index in [2.05, 4.69) is 4.98 Å². The van der Waals surface area contributed by atoms with E-state index in [0.717, 1.165) is 0 Å². The van der Waals surface area contributed by atoms with E-state index in [-0.39, 0.29) is 36.4 Å². The molecule has 1 aromatic heterocycles. The molecule has 0 bridgehead atoms. The Kier molecular flexibility index (Phi) is 4.33. The minimum atomic E-state index is -0.374. The van der Waals surface area contributed by atoms with Gasteiger partial charge in [-0.2, -0.15) is 5.26 Å². The molecule has 1 heterocycles. The summed E-state index contributed by atoms with van der Waals surface area (Å²) in [5, 5.41) is 9.30. The number of rotatable bonds is 4. The predicted octanol–water partition coefficient (Wildman–Crippen LogP) is 1.62. The fourth-order valence-corrected chi connectivity index (χ4v) is 1.86. The van der Waals surface area contributed by atoms with Crippen LogP contribution in [0, 0.1) is 17.2 Å². The van der Waals surface area contributed by atoms with Crippen LogP contribution in [0.15, 0.2) is 29.1 Å². The minimum Gasteiger partial charge on any atom is -0.457 e. The highest BCUT2D eigenvalue weighted by atomic mass is 16.5. The summed E-state index contributed by atoms with van der Waals surface area (Å²) in [6.45, 7) is 3.18. The van der Waals surface area contributed by atoms with Gasteiger partial charge in [0.2, 0.25) is 0 Å². The number of nitriles is 1. The third-order valence-corrected chi connectivity index (χ3v) is 2.98. The molecule has 0 aliphatic carbocycles. The molecule has 0 radical (unpaired) electrons. The van der Waals surface area contributed by atoms with Crippen molar-refractivity contribution in [2.75, 3.05) is 0 Å². The van der Waals surface area contributed by atoms with Gasteiger partial charge < -0.3 is 4.74 Å². The Morgan fingerprint density at radius 2 is 2.14 bits per heavy atom. The number of carbonyl (C=O) groups excluding carboxylic acids is 1. The Labute approximate surface area is 121 Å². The molecule has 6 heteroatoms. The molecule has 0 saturated carbocycles. The molecule has 0 unspecified atom stereocenters. The standard InChI is InChI=1S/C15H15N3O3/c1-10(2)15(20)21-9-13-17-12-6-4-3-5-11(12)14(19)18(13)8-7-16/h3-6,10H,8-9H2,1-2H3. The van der Waals surface area contributed by atoms with Crippen LogP contribution in [0.2, 0.25) is 0 Å². The Morgan fingerprint density at radius 1 is 1.43 bits per heavy atom. The molecule has 108 valence electrons. The van der Waals surface area contributed by atoms with Crippen molar-refractivity contribution in [1.29, 1.82) is 5.26 Å². The van der Waals surface area contributed by atoms with E-state index in [1.165, 1.54) is 4.57 Å². The summed E-state index contributed by atoms with van der Waals surface area (Å²) in [5.41, 5.74) is 0.213. The van der Waals surface area contributed by atoms with Crippen LogP contribution in [-0.4, -0.2) is 15.5 Å². The van der Waals surface area contributed by atoms with Gasteiger partial charge in [-0.3, -0.25) is 14.2 Å². The predicted molar refractivity (Wildman–Crippen MR) is 76.3 cm³/mol. The number of nitrogens with zero attached hydrogens (tertiary/aromatic N) is 3. The Bertz CT molecular complexity index is 772. The first kappa shape index (κ1) is 14.7. The Hall–Kier alpha value is -2.68. The number of hydrogen-bond acceptors (Lipinski definition) is 5. The van der Waals surface area contributed by atoms with Crippen molar-refractivity contribution in [3.8, 4) is 6.07 Å². The van der Waals surface area contributed by atoms with Crippen molar-refractivity contribution < 1.29 is 9.53 Å². The number of para-hydroxylation sites is 1. The van der Waals surface area contributed by atoms with Gasteiger partial charge in [-0.1, -0.05) is 26.0 Å². The maximum atomic E-state index is 12.3. The van der Waals surface area contributed by atoms with Crippen molar-refractivity contribution in [2.24, 2.45) is 5.92 Å². The van der Waals surface area contributed by atoms with Gasteiger partial charge in [0.1, 0.15) is 13.2 Å². The number of aromatic nitrogens is 2. The zero-order chi connectivity index (χ0) is 15.4. The van der Waals surface area contributed by atoms with Gasteiger partial charge >= 0.3 is 5.97 Å². The number of fused-ring (bicyclic) bond motifs is 1. The lowest BCUT2D eigenvalue weighted by atomic mass is 10.2. The summed E-state index contributed by atoms with van der Waals surface area (Å²) in [6.07, 6.45) is 0. The molecule has 2 rings (SSSR count). The zero-order valence-electron chi connectivity index (χ0n) is 11.9. The van der Waals surface area contributed by atoms with Crippen LogP contribution in [0.5, 0.6) is 0 Å². The quantitative estimate of drug-likeness (QED) is 0.797. The monoisotopic (exact) mass is 285 g/mol. The summed E-state index contributed by atoms with van der Waals surface area (Å²) >= 11 is 0. The molecule has 21 heavy (non-hydrogen) atoms. The van der Waals surface area contributed by atoms with Crippen LogP contribution >= 0.6 is 0 Å². The topological polar surface area (TPSA) is 85.0 Å². The fraction of sp³-hybridized carbons (Fsp3) is 0.333. The van der Waals surface area contributed by atoms with Crippen LogP contribution in [0.4, 0.5) is 0 Å². The lowest BCUT2D eigenvalue weighted by Gasteiger charge is -2.12. The first-order chi connectivity index (χ1) is 10.0. The van der Waals surface area contributed by atoms with Gasteiger partial charge in [0.15, 0.2) is 5.82 Å². The molecule has 0 amide bonds. The maximum absolute atomic E-state index is 12.3. The zero-order valence-corrected chi connectivity index (χ0v) is 11.9. The number of ether oxygens (including phenoxy) is 1. The third-order valence-electron chi connectivity index (χ3n) is 2.98. The molecule has 6 nitrogen and oxygen atoms in total. The van der Waals surface area contributed by atoms with Gasteiger partial charge in [0, 0.05) is 0 Å². The van der Waals surface area contributed by atoms with Crippen molar-refractivity contribution in [3.63, 3.8) is 0 Å². The SMILES string of the molecule is CC(C)C(=O)OCc1nc2ccccc2c(=O)n1CC#N. The van der Waals surface area contributed by atoms with E-state index in [4.69, 9.17) is 10.00 Å². The van der Waals surface area contributed by atoms with E-state index in [1.54, 1.807) is 38.1 Å². The van der Waals surface area contributed by atoms with E-state index >= 15 is 0 Å². The highest BCUT2D eigenvalue weighted by Crippen LogP contribution is 2.09. The average molecular weight is 285 g/mol. The number of esters is 1. The molecule has 1 aromatic carbocycles. The Morgan fingerprint density at radius 3 is 2.81 bits per heavy atom. The minimum absolute atomic E-state index is 0.126. The maximum Gasteiger partial charge on any atom is 0.308 e. The highest BCUT2D eigenvalue weighted by molar-refractivity contribution is 5.77. The smallest absolute Gasteiger partial charge is 0.308 e. The normalized spacial score (nSPS) is 10.6. The van der Waals surface area contributed by atoms with Crippen molar-refractivity contribution in [2.45, 2.75) is 27.0 Å². The fourth-order valence-electron chi connectivity index (χ4n) is 1.86. The van der Waals surface area contributed by atoms with E-state index in [0.29, 0.717) is 10.9 Å². The van der Waals surface area contributed by atoms with E-state index in [1.807, 2.05) is 6.07 Å². The molecule has 0 fully saturated rings. The molecular weight excluding hydrogens is 270 g/mol. The first-order valence-electron chi connectivity index (χ1n) is 6.56. The molecular formula is C15H15N3O3. The molecule has 0 atom stereocenters. The van der Waals surface area contributed by atoms with Crippen molar-refractivity contribution in [1.82, 2.24) is 9.55 Å². The first-order valence-corrected chi connectivity index (χ1v) is 6.56. The third kappa shape index (κ3) is 3.08. The highest BCUT2D eigenvalue weighted by Gasteiger charge is 2.14. The van der Waals surface area contributed by atoms with Crippen LogP contribution in [-0.2, 0) is 22.7 Å². The van der Waals surface area contributed by atoms with Gasteiger partial charge in [0.25, 0.3) is 5.56 Å². The second-order valence-corrected chi connectivity index (χ2v) is 4.86. The van der Waals surface area contributed by atoms with Gasteiger partial charge in [-0.05, 0) is 12.1 Å². The van der Waals surface area contributed by atoms with Gasteiger partial charge in [0.05, 0.1) is 22.9 Å². The van der Waals surface area contributed by atoms with E-state index in [9.17, 15) is 9.59 Å². The van der Waals surface area contributed by atoms with Crippen LogP contribution < -0.4 is 5.56 Å². The van der Waals surface area contributed by atoms with Crippen LogP contribution in [0.1, 0.15) is 19.7 Å². The van der Waals surface area contributed by atoms with Gasteiger partial charge in [-0.25, -0.2) is 4.98 Å². The number of benzene rings is 1. The summed E-state index contributed by atoms with van der Waals surface area (Å²) in [7, 11) is 0. The summed E-state index contributed by atoms with van der Waals surface area (Å²) in [5.74, 6) is -0.364. The average Bonchev–Trinajstić information content (AvgIpc) is 2.48. The lowest BCUT2D eigenvalue weighted by Crippen LogP contribution is -2.26. The van der Waals surface area contributed by atoms with Crippen LogP contribution in [0.25, 0.3) is 10.9 Å². The van der Waals surface area contributed by atoms with Crippen molar-refractivity contribution >= 4 is 16.9 Å². The largest absolute Gasteiger partial charge is 0.457 e. The molecule has 0 aliphatic heterocycles. The molecule has 0 saturated heterocycles. The lowest BCUT2D eigenvalue weighted by molar-refractivity contribution is -0.149. The second-order valence-electron chi connectivity index (χ2n) is 4.86. The number of hydrogen-bond donors (Lipinski definition) is 0. The molecule has 0 aliphatic rings. The summed E-state index contributed by atoms with van der Waals surface area (Å²) in [6, 6.07) is 8.80. The van der Waals surface area contributed by atoms with Gasteiger partial charge in [-0.15, -0.1) is 0 Å². The number of carbonyl (C=O) groups is 1. The molecule has 0 N–H and O–H groups in total. The summed E-state index contributed by atoms with van der Waals surface area (Å²) < 4.78 is 6.34. The molecule has 0 spiro atoms.